The van der Waals surface area contributed by atoms with Gasteiger partial charge in [-0.15, -0.1) is 0 Å². The molecule has 2 aromatic heterocycles. The number of ether oxygens (including phenoxy) is 1. The number of nitrogens with zero attached hydrogens (tertiary/aromatic N) is 1. The number of para-hydroxylation sites is 1. The number of aromatic amines is 1. The number of benzene rings is 2. The fraction of sp³-hybridized carbons (Fsp3) is 0.136. The molecule has 0 saturated heterocycles. The smallest absolute Gasteiger partial charge is 0.218 e. The number of aromatic nitrogens is 2. The number of rotatable bonds is 5. The Morgan fingerprint density at radius 3 is 2.59 bits per heavy atom. The second-order valence-electron chi connectivity index (χ2n) is 6.40. The highest BCUT2D eigenvalue weighted by Crippen LogP contribution is 2.37. The minimum atomic E-state index is -0.133. The molecule has 0 aliphatic heterocycles. The minimum Gasteiger partial charge on any atom is -0.481 e. The summed E-state index contributed by atoms with van der Waals surface area (Å²) in [6.45, 7) is 2.09. The molecule has 4 nitrogen and oxygen atoms in total. The maximum absolute atomic E-state index is 6.05. The number of halogens is 1. The van der Waals surface area contributed by atoms with Crippen LogP contribution in [0.25, 0.3) is 10.9 Å². The number of hydrogen-bond acceptors (Lipinski definition) is 3. The lowest BCUT2D eigenvalue weighted by atomic mass is 9.96. The van der Waals surface area contributed by atoms with Crippen molar-refractivity contribution in [1.82, 2.24) is 9.97 Å². The Balaban J connectivity index is 1.89. The second-order valence-corrected chi connectivity index (χ2v) is 6.83. The quantitative estimate of drug-likeness (QED) is 0.466. The molecular formula is C22H20ClN3O. The highest BCUT2D eigenvalue weighted by molar-refractivity contribution is 6.30. The molecule has 0 aliphatic carbocycles. The molecule has 0 aliphatic rings. The fourth-order valence-electron chi connectivity index (χ4n) is 3.48. The Morgan fingerprint density at radius 1 is 1.04 bits per heavy atom. The second kappa shape index (κ2) is 7.33. The van der Waals surface area contributed by atoms with Crippen molar-refractivity contribution < 1.29 is 4.74 Å². The number of aryl methyl sites for hydroxylation is 1. The van der Waals surface area contributed by atoms with Gasteiger partial charge >= 0.3 is 0 Å². The van der Waals surface area contributed by atoms with Crippen molar-refractivity contribution >= 4 is 28.2 Å². The Bertz CT molecular complexity index is 1070. The monoisotopic (exact) mass is 377 g/mol. The molecule has 0 spiro atoms. The molecule has 2 N–H and O–H groups in total. The number of pyridine rings is 1. The summed E-state index contributed by atoms with van der Waals surface area (Å²) in [5, 5.41) is 5.52. The first-order valence-corrected chi connectivity index (χ1v) is 9.13. The van der Waals surface area contributed by atoms with Crippen LogP contribution in [0.1, 0.15) is 22.9 Å². The van der Waals surface area contributed by atoms with E-state index in [2.05, 4.69) is 40.4 Å². The normalized spacial score (nSPS) is 12.1. The Hall–Kier alpha value is -2.98. The van der Waals surface area contributed by atoms with Crippen molar-refractivity contribution in [1.29, 1.82) is 0 Å². The standard InChI is InChI=1S/C22H20ClN3O/c1-14-20(17-6-3-4-8-19(17)25-14)21(18-7-5-13-24-22(18)27-2)26-16-11-9-15(23)10-12-16/h3-13,21,25-26H,1-2H3. The van der Waals surface area contributed by atoms with E-state index in [4.69, 9.17) is 16.3 Å². The summed E-state index contributed by atoms with van der Waals surface area (Å²) in [6.07, 6.45) is 1.74. The van der Waals surface area contributed by atoms with E-state index in [-0.39, 0.29) is 6.04 Å². The van der Waals surface area contributed by atoms with Crippen LogP contribution < -0.4 is 10.1 Å². The van der Waals surface area contributed by atoms with Gasteiger partial charge in [0.15, 0.2) is 0 Å². The molecule has 0 amide bonds. The lowest BCUT2D eigenvalue weighted by Gasteiger charge is -2.23. The summed E-state index contributed by atoms with van der Waals surface area (Å²) in [7, 11) is 1.65. The third-order valence-electron chi connectivity index (χ3n) is 4.69. The fourth-order valence-corrected chi connectivity index (χ4v) is 3.61. The average molecular weight is 378 g/mol. The van der Waals surface area contributed by atoms with Crippen LogP contribution in [-0.2, 0) is 0 Å². The zero-order valence-corrected chi connectivity index (χ0v) is 15.9. The summed E-state index contributed by atoms with van der Waals surface area (Å²) in [4.78, 5) is 7.89. The van der Waals surface area contributed by atoms with Gasteiger partial charge in [0.1, 0.15) is 0 Å². The third kappa shape index (κ3) is 3.36. The Labute approximate surface area is 163 Å². The number of hydrogen-bond donors (Lipinski definition) is 2. The molecule has 0 fully saturated rings. The summed E-state index contributed by atoms with van der Waals surface area (Å²) in [5.41, 5.74) is 5.33. The maximum Gasteiger partial charge on any atom is 0.218 e. The van der Waals surface area contributed by atoms with Crippen LogP contribution in [0.4, 0.5) is 5.69 Å². The van der Waals surface area contributed by atoms with Crippen LogP contribution in [0.5, 0.6) is 5.88 Å². The van der Waals surface area contributed by atoms with E-state index >= 15 is 0 Å². The molecule has 1 atom stereocenters. The van der Waals surface area contributed by atoms with Crippen LogP contribution >= 0.6 is 11.6 Å². The van der Waals surface area contributed by atoms with Crippen LogP contribution in [0.3, 0.4) is 0 Å². The van der Waals surface area contributed by atoms with Crippen LogP contribution in [0, 0.1) is 6.92 Å². The lowest BCUT2D eigenvalue weighted by molar-refractivity contribution is 0.391. The molecule has 136 valence electrons. The Kier molecular flexibility index (Phi) is 4.73. The van der Waals surface area contributed by atoms with Gasteiger partial charge in [-0.2, -0.15) is 0 Å². The van der Waals surface area contributed by atoms with Crippen LogP contribution in [0.15, 0.2) is 66.9 Å². The lowest BCUT2D eigenvalue weighted by Crippen LogP contribution is -2.15. The average Bonchev–Trinajstić information content (AvgIpc) is 3.03. The van der Waals surface area contributed by atoms with Crippen molar-refractivity contribution in [3.05, 3.63) is 88.7 Å². The molecule has 0 bridgehead atoms. The number of anilines is 1. The molecule has 4 aromatic rings. The van der Waals surface area contributed by atoms with Gasteiger partial charge in [0.25, 0.3) is 0 Å². The minimum absolute atomic E-state index is 0.133. The van der Waals surface area contributed by atoms with Crippen LogP contribution in [-0.4, -0.2) is 17.1 Å². The highest BCUT2D eigenvalue weighted by Gasteiger charge is 2.24. The van der Waals surface area contributed by atoms with E-state index < -0.39 is 0 Å². The molecule has 27 heavy (non-hydrogen) atoms. The molecule has 0 saturated carbocycles. The molecule has 1 unspecified atom stereocenters. The Morgan fingerprint density at radius 2 is 1.81 bits per heavy atom. The van der Waals surface area contributed by atoms with E-state index in [1.807, 2.05) is 42.5 Å². The predicted molar refractivity (Wildman–Crippen MR) is 111 cm³/mol. The summed E-state index contributed by atoms with van der Waals surface area (Å²) >= 11 is 6.05. The molecule has 5 heteroatoms. The first kappa shape index (κ1) is 17.4. The first-order chi connectivity index (χ1) is 13.2. The molecular weight excluding hydrogens is 358 g/mol. The van der Waals surface area contributed by atoms with Crippen molar-refractivity contribution in [2.24, 2.45) is 0 Å². The van der Waals surface area contributed by atoms with Gasteiger partial charge in [-0.25, -0.2) is 4.98 Å². The molecule has 2 aromatic carbocycles. The molecule has 0 radical (unpaired) electrons. The first-order valence-electron chi connectivity index (χ1n) is 8.75. The predicted octanol–water partition coefficient (Wildman–Crippen LogP) is 5.73. The van der Waals surface area contributed by atoms with Gasteiger partial charge in [0.2, 0.25) is 5.88 Å². The van der Waals surface area contributed by atoms with Crippen molar-refractivity contribution in [2.45, 2.75) is 13.0 Å². The van der Waals surface area contributed by atoms with Gasteiger partial charge in [0.05, 0.1) is 13.2 Å². The highest BCUT2D eigenvalue weighted by atomic mass is 35.5. The van der Waals surface area contributed by atoms with Gasteiger partial charge in [-0.3, -0.25) is 0 Å². The van der Waals surface area contributed by atoms with E-state index in [1.54, 1.807) is 13.3 Å². The number of methoxy groups -OCH3 is 1. The van der Waals surface area contributed by atoms with E-state index in [9.17, 15) is 0 Å². The zero-order chi connectivity index (χ0) is 18.8. The van der Waals surface area contributed by atoms with E-state index in [1.165, 1.54) is 10.9 Å². The van der Waals surface area contributed by atoms with Crippen LogP contribution in [0.2, 0.25) is 5.02 Å². The number of fused-ring (bicyclic) bond motifs is 1. The number of nitrogens with one attached hydrogen (secondary N) is 2. The van der Waals surface area contributed by atoms with Crippen molar-refractivity contribution in [2.75, 3.05) is 12.4 Å². The summed E-state index contributed by atoms with van der Waals surface area (Å²) in [5.74, 6) is 0.605. The third-order valence-corrected chi connectivity index (χ3v) is 4.94. The molecule has 2 heterocycles. The largest absolute Gasteiger partial charge is 0.481 e. The SMILES string of the molecule is COc1ncccc1C(Nc1ccc(Cl)cc1)c1c(C)[nH]c2ccccc12. The summed E-state index contributed by atoms with van der Waals surface area (Å²) < 4.78 is 5.55. The van der Waals surface area contributed by atoms with E-state index in [0.717, 1.165) is 22.5 Å². The summed E-state index contributed by atoms with van der Waals surface area (Å²) in [6, 6.07) is 19.9. The molecule has 4 rings (SSSR count). The van der Waals surface area contributed by atoms with E-state index in [0.29, 0.717) is 10.9 Å². The van der Waals surface area contributed by atoms with Gasteiger partial charge < -0.3 is 15.0 Å². The van der Waals surface area contributed by atoms with Gasteiger partial charge in [-0.1, -0.05) is 29.8 Å². The van der Waals surface area contributed by atoms with Crippen molar-refractivity contribution in [3.8, 4) is 5.88 Å². The number of H-pyrrole nitrogens is 1. The van der Waals surface area contributed by atoms with Crippen molar-refractivity contribution in [3.63, 3.8) is 0 Å². The topological polar surface area (TPSA) is 49.9 Å². The van der Waals surface area contributed by atoms with Gasteiger partial charge in [0, 0.05) is 44.6 Å². The maximum atomic E-state index is 6.05. The van der Waals surface area contributed by atoms with Gasteiger partial charge in [-0.05, 0) is 49.4 Å². The zero-order valence-electron chi connectivity index (χ0n) is 15.2.